The van der Waals surface area contributed by atoms with Crippen molar-refractivity contribution in [1.82, 2.24) is 15.4 Å². The molecule has 6 nitrogen and oxygen atoms in total. The Hall–Kier alpha value is -1.17. The number of thiophene rings is 1. The van der Waals surface area contributed by atoms with E-state index in [4.69, 9.17) is 0 Å². The second-order valence-corrected chi connectivity index (χ2v) is 9.32. The van der Waals surface area contributed by atoms with E-state index in [2.05, 4.69) is 37.9 Å². The molecule has 0 amide bonds. The van der Waals surface area contributed by atoms with Crippen LogP contribution in [0.1, 0.15) is 29.9 Å². The monoisotopic (exact) mass is 536 g/mol. The maximum Gasteiger partial charge on any atom is 0.216 e. The number of benzene rings is 1. The summed E-state index contributed by atoms with van der Waals surface area (Å²) in [5.41, 5.74) is 1.83. The lowest BCUT2D eigenvalue weighted by molar-refractivity contribution is 0.569. The van der Waals surface area contributed by atoms with Crippen LogP contribution in [0.2, 0.25) is 0 Å². The second kappa shape index (κ2) is 12.4. The highest BCUT2D eigenvalue weighted by atomic mass is 127. The topological polar surface area (TPSA) is 82.6 Å². The Balaban J connectivity index is 0.00000392. The first kappa shape index (κ1) is 24.9. The van der Waals surface area contributed by atoms with Gasteiger partial charge in [0.2, 0.25) is 10.0 Å². The van der Waals surface area contributed by atoms with Crippen molar-refractivity contribution in [1.29, 1.82) is 0 Å². The van der Waals surface area contributed by atoms with Gasteiger partial charge in [-0.15, -0.1) is 35.3 Å². The SMILES string of the molecule is CN=C(NCCc1cccs1)NCc1ccc(CS(=O)(=O)NC(C)C)cc1.I. The van der Waals surface area contributed by atoms with E-state index in [0.29, 0.717) is 6.54 Å². The van der Waals surface area contributed by atoms with Crippen molar-refractivity contribution in [2.75, 3.05) is 13.6 Å². The Labute approximate surface area is 189 Å². The number of guanidine groups is 1. The van der Waals surface area contributed by atoms with Crippen molar-refractivity contribution in [3.05, 3.63) is 57.8 Å². The van der Waals surface area contributed by atoms with Crippen LogP contribution < -0.4 is 15.4 Å². The quantitative estimate of drug-likeness (QED) is 0.262. The molecule has 0 saturated carbocycles. The highest BCUT2D eigenvalue weighted by Gasteiger charge is 2.12. The van der Waals surface area contributed by atoms with E-state index in [1.54, 1.807) is 18.4 Å². The molecule has 0 saturated heterocycles. The molecule has 0 fully saturated rings. The molecular formula is C19H29IN4O2S2. The molecule has 0 unspecified atom stereocenters. The highest BCUT2D eigenvalue weighted by Crippen LogP contribution is 2.09. The molecule has 0 radical (unpaired) electrons. The van der Waals surface area contributed by atoms with Crippen LogP contribution in [0.15, 0.2) is 46.8 Å². The zero-order valence-corrected chi connectivity index (χ0v) is 20.4. The lowest BCUT2D eigenvalue weighted by Crippen LogP contribution is -2.37. The first-order valence-corrected chi connectivity index (χ1v) is 11.5. The van der Waals surface area contributed by atoms with Gasteiger partial charge >= 0.3 is 0 Å². The van der Waals surface area contributed by atoms with Gasteiger partial charge in [-0.1, -0.05) is 30.3 Å². The van der Waals surface area contributed by atoms with Gasteiger partial charge in [0.05, 0.1) is 5.75 Å². The Kier molecular flexibility index (Phi) is 11.0. The maximum atomic E-state index is 12.0. The van der Waals surface area contributed by atoms with Crippen LogP contribution in [0.3, 0.4) is 0 Å². The van der Waals surface area contributed by atoms with Crippen LogP contribution in [0, 0.1) is 0 Å². The summed E-state index contributed by atoms with van der Waals surface area (Å²) in [6, 6.07) is 11.7. The highest BCUT2D eigenvalue weighted by molar-refractivity contribution is 14.0. The van der Waals surface area contributed by atoms with Crippen LogP contribution in [0.25, 0.3) is 0 Å². The van der Waals surface area contributed by atoms with E-state index in [-0.39, 0.29) is 35.8 Å². The van der Waals surface area contributed by atoms with E-state index in [1.165, 1.54) is 4.88 Å². The minimum absolute atomic E-state index is 0. The van der Waals surface area contributed by atoms with Gasteiger partial charge in [-0.3, -0.25) is 4.99 Å². The molecular weight excluding hydrogens is 507 g/mol. The summed E-state index contributed by atoms with van der Waals surface area (Å²) < 4.78 is 26.6. The fourth-order valence-corrected chi connectivity index (χ4v) is 4.68. The first-order chi connectivity index (χ1) is 12.9. The molecule has 0 atom stereocenters. The largest absolute Gasteiger partial charge is 0.356 e. The summed E-state index contributed by atoms with van der Waals surface area (Å²) in [7, 11) is -1.55. The molecule has 1 heterocycles. The summed E-state index contributed by atoms with van der Waals surface area (Å²) in [5, 5.41) is 8.65. The first-order valence-electron chi connectivity index (χ1n) is 8.92. The van der Waals surface area contributed by atoms with Crippen molar-refractivity contribution in [3.8, 4) is 0 Å². The number of nitrogens with one attached hydrogen (secondary N) is 3. The number of sulfonamides is 1. The predicted octanol–water partition coefficient (Wildman–Crippen LogP) is 3.10. The molecule has 0 spiro atoms. The molecule has 0 bridgehead atoms. The maximum absolute atomic E-state index is 12.0. The Bertz CT molecular complexity index is 820. The van der Waals surface area contributed by atoms with E-state index in [0.717, 1.165) is 30.1 Å². The van der Waals surface area contributed by atoms with Crippen molar-refractivity contribution < 1.29 is 8.42 Å². The van der Waals surface area contributed by atoms with E-state index in [9.17, 15) is 8.42 Å². The lowest BCUT2D eigenvalue weighted by Gasteiger charge is -2.12. The van der Waals surface area contributed by atoms with Gasteiger partial charge in [0.25, 0.3) is 0 Å². The summed E-state index contributed by atoms with van der Waals surface area (Å²) in [6.07, 6.45) is 0.964. The number of nitrogens with zero attached hydrogens (tertiary/aromatic N) is 1. The van der Waals surface area contributed by atoms with Gasteiger partial charge in [-0.05, 0) is 42.8 Å². The van der Waals surface area contributed by atoms with Crippen LogP contribution in [-0.4, -0.2) is 34.0 Å². The Morgan fingerprint density at radius 1 is 1.11 bits per heavy atom. The number of rotatable bonds is 9. The Morgan fingerprint density at radius 3 is 2.36 bits per heavy atom. The lowest BCUT2D eigenvalue weighted by atomic mass is 10.1. The summed E-state index contributed by atoms with van der Waals surface area (Å²) >= 11 is 1.75. The summed E-state index contributed by atoms with van der Waals surface area (Å²) in [4.78, 5) is 5.57. The minimum Gasteiger partial charge on any atom is -0.356 e. The van der Waals surface area contributed by atoms with Crippen LogP contribution in [0.4, 0.5) is 0 Å². The van der Waals surface area contributed by atoms with Crippen molar-refractivity contribution >= 4 is 51.3 Å². The van der Waals surface area contributed by atoms with Gasteiger partial charge in [0.15, 0.2) is 5.96 Å². The molecule has 2 aromatic rings. The van der Waals surface area contributed by atoms with Gasteiger partial charge < -0.3 is 10.6 Å². The molecule has 1 aromatic heterocycles. The minimum atomic E-state index is -3.30. The van der Waals surface area contributed by atoms with Crippen LogP contribution in [0.5, 0.6) is 0 Å². The predicted molar refractivity (Wildman–Crippen MR) is 129 cm³/mol. The zero-order chi connectivity index (χ0) is 19.7. The zero-order valence-electron chi connectivity index (χ0n) is 16.4. The number of halogens is 1. The van der Waals surface area contributed by atoms with Crippen molar-refractivity contribution in [3.63, 3.8) is 0 Å². The molecule has 0 aliphatic rings. The third-order valence-corrected chi connectivity index (χ3v) is 6.20. The van der Waals surface area contributed by atoms with Crippen LogP contribution in [-0.2, 0) is 28.7 Å². The molecule has 9 heteroatoms. The van der Waals surface area contributed by atoms with Crippen molar-refractivity contribution in [2.24, 2.45) is 4.99 Å². The molecule has 0 aliphatic carbocycles. The second-order valence-electron chi connectivity index (χ2n) is 6.53. The van der Waals surface area contributed by atoms with E-state index in [1.807, 2.05) is 38.1 Å². The fraction of sp³-hybridized carbons (Fsp3) is 0.421. The fourth-order valence-electron chi connectivity index (χ4n) is 2.54. The standard InChI is InChI=1S/C19H28N4O2S2.HI/c1-15(2)23-27(24,25)14-17-8-6-16(7-9-17)13-22-19(20-3)21-11-10-18-5-4-12-26-18;/h4-9,12,15,23H,10-11,13-14H2,1-3H3,(H2,20,21,22);1H. The van der Waals surface area contributed by atoms with Gasteiger partial charge in [0.1, 0.15) is 0 Å². The van der Waals surface area contributed by atoms with Gasteiger partial charge in [0, 0.05) is 31.1 Å². The molecule has 3 N–H and O–H groups in total. The summed E-state index contributed by atoms with van der Waals surface area (Å²) in [5.74, 6) is 0.740. The average Bonchev–Trinajstić information content (AvgIpc) is 3.11. The number of hydrogen-bond donors (Lipinski definition) is 3. The number of hydrogen-bond acceptors (Lipinski definition) is 4. The third-order valence-electron chi connectivity index (χ3n) is 3.72. The number of aliphatic imine (C=N–C) groups is 1. The molecule has 2 rings (SSSR count). The Morgan fingerprint density at radius 2 is 1.79 bits per heavy atom. The van der Waals surface area contributed by atoms with Gasteiger partial charge in [-0.25, -0.2) is 13.1 Å². The van der Waals surface area contributed by atoms with Gasteiger partial charge in [-0.2, -0.15) is 0 Å². The summed E-state index contributed by atoms with van der Waals surface area (Å²) in [6.45, 7) is 5.07. The van der Waals surface area contributed by atoms with Crippen molar-refractivity contribution in [2.45, 2.75) is 38.6 Å². The molecule has 0 aliphatic heterocycles. The van der Waals surface area contributed by atoms with Crippen LogP contribution >= 0.6 is 35.3 Å². The van der Waals surface area contributed by atoms with E-state index >= 15 is 0 Å². The molecule has 156 valence electrons. The average molecular weight is 537 g/mol. The molecule has 28 heavy (non-hydrogen) atoms. The smallest absolute Gasteiger partial charge is 0.216 e. The van der Waals surface area contributed by atoms with E-state index < -0.39 is 10.0 Å². The third kappa shape index (κ3) is 9.35. The molecule has 1 aromatic carbocycles. The normalized spacial score (nSPS) is 11.9.